The van der Waals surface area contributed by atoms with Crippen LogP contribution in [0.1, 0.15) is 19.2 Å². The van der Waals surface area contributed by atoms with E-state index in [4.69, 9.17) is 9.26 Å². The molecule has 0 bridgehead atoms. The van der Waals surface area contributed by atoms with Gasteiger partial charge in [0, 0.05) is 10.9 Å². The third-order valence-electron chi connectivity index (χ3n) is 4.60. The number of benzene rings is 3. The van der Waals surface area contributed by atoms with Gasteiger partial charge in [0.2, 0.25) is 11.7 Å². The number of aromatic nitrogens is 2. The van der Waals surface area contributed by atoms with E-state index in [1.807, 2.05) is 79.7 Å². The van der Waals surface area contributed by atoms with Crippen LogP contribution in [-0.4, -0.2) is 22.2 Å². The van der Waals surface area contributed by atoms with Gasteiger partial charge in [-0.3, -0.25) is 4.79 Å². The largest absolute Gasteiger partial charge is 0.480 e. The van der Waals surface area contributed by atoms with Crippen LogP contribution in [0.25, 0.3) is 22.2 Å². The second kappa shape index (κ2) is 8.56. The molecule has 0 fully saturated rings. The van der Waals surface area contributed by atoms with Gasteiger partial charge in [-0.1, -0.05) is 78.8 Å². The molecule has 1 N–H and O–H groups in total. The Kier molecular flexibility index (Phi) is 5.52. The maximum Gasteiger partial charge on any atom is 0.261 e. The van der Waals surface area contributed by atoms with E-state index >= 15 is 0 Å². The van der Waals surface area contributed by atoms with E-state index < -0.39 is 6.10 Å². The van der Waals surface area contributed by atoms with Gasteiger partial charge in [0.15, 0.2) is 6.10 Å². The summed E-state index contributed by atoms with van der Waals surface area (Å²) >= 11 is 0. The molecule has 0 saturated heterocycles. The third-order valence-corrected chi connectivity index (χ3v) is 4.60. The number of ether oxygens (including phenoxy) is 1. The minimum absolute atomic E-state index is 0.147. The molecule has 29 heavy (non-hydrogen) atoms. The van der Waals surface area contributed by atoms with Crippen LogP contribution in [0, 0.1) is 0 Å². The number of nitrogens with zero attached hydrogens (tertiary/aromatic N) is 2. The molecule has 6 nitrogen and oxygen atoms in total. The monoisotopic (exact) mass is 387 g/mol. The molecular weight excluding hydrogens is 366 g/mol. The fraction of sp³-hybridized carbons (Fsp3) is 0.174. The van der Waals surface area contributed by atoms with Gasteiger partial charge in [-0.15, -0.1) is 0 Å². The second-order valence-corrected chi connectivity index (χ2v) is 6.59. The van der Waals surface area contributed by atoms with E-state index in [1.54, 1.807) is 0 Å². The predicted molar refractivity (Wildman–Crippen MR) is 110 cm³/mol. The average molecular weight is 387 g/mol. The normalized spacial score (nSPS) is 11.9. The summed E-state index contributed by atoms with van der Waals surface area (Å²) in [5, 5.41) is 8.83. The molecule has 0 radical (unpaired) electrons. The number of rotatable bonds is 7. The van der Waals surface area contributed by atoms with E-state index in [9.17, 15) is 4.79 Å². The lowest BCUT2D eigenvalue weighted by molar-refractivity contribution is -0.128. The third kappa shape index (κ3) is 4.27. The molecule has 1 heterocycles. The van der Waals surface area contributed by atoms with Crippen LogP contribution < -0.4 is 10.1 Å². The van der Waals surface area contributed by atoms with Crippen molar-refractivity contribution in [2.75, 3.05) is 0 Å². The highest BCUT2D eigenvalue weighted by molar-refractivity contribution is 5.89. The number of fused-ring (bicyclic) bond motifs is 1. The van der Waals surface area contributed by atoms with Crippen LogP contribution in [0.4, 0.5) is 0 Å². The topological polar surface area (TPSA) is 77.2 Å². The summed E-state index contributed by atoms with van der Waals surface area (Å²) in [6.45, 7) is 2.06. The van der Waals surface area contributed by atoms with Crippen LogP contribution >= 0.6 is 0 Å². The van der Waals surface area contributed by atoms with Crippen molar-refractivity contribution >= 4 is 16.7 Å². The predicted octanol–water partition coefficient (Wildman–Crippen LogP) is 4.36. The quantitative estimate of drug-likeness (QED) is 0.510. The molecule has 0 aliphatic rings. The zero-order chi connectivity index (χ0) is 20.1. The lowest BCUT2D eigenvalue weighted by Crippen LogP contribution is -2.37. The van der Waals surface area contributed by atoms with E-state index in [-0.39, 0.29) is 12.5 Å². The van der Waals surface area contributed by atoms with Crippen molar-refractivity contribution in [2.24, 2.45) is 0 Å². The molecule has 6 heteroatoms. The number of amides is 1. The standard InChI is InChI=1S/C23H21N3O3/c1-2-19(28-20-14-8-12-16-9-6-7-13-18(16)20)23(27)24-15-21-25-22(26-29-21)17-10-4-3-5-11-17/h3-14,19H,2,15H2,1H3,(H,24,27)/t19-/m1/s1. The Morgan fingerprint density at radius 3 is 2.62 bits per heavy atom. The zero-order valence-electron chi connectivity index (χ0n) is 16.0. The maximum atomic E-state index is 12.6. The summed E-state index contributed by atoms with van der Waals surface area (Å²) in [5.74, 6) is 1.31. The number of carbonyl (C=O) groups is 1. The first-order chi connectivity index (χ1) is 14.2. The number of hydrogen-bond acceptors (Lipinski definition) is 5. The molecule has 1 atom stereocenters. The Labute approximate surface area is 168 Å². The van der Waals surface area contributed by atoms with E-state index in [1.165, 1.54) is 0 Å². The summed E-state index contributed by atoms with van der Waals surface area (Å²) < 4.78 is 11.3. The second-order valence-electron chi connectivity index (χ2n) is 6.59. The van der Waals surface area contributed by atoms with E-state index in [2.05, 4.69) is 15.5 Å². The van der Waals surface area contributed by atoms with Crippen LogP contribution in [0.3, 0.4) is 0 Å². The summed E-state index contributed by atoms with van der Waals surface area (Å²) in [6.07, 6.45) is -0.0777. The Bertz CT molecular complexity index is 1100. The molecule has 0 saturated carbocycles. The van der Waals surface area contributed by atoms with E-state index in [0.29, 0.717) is 23.9 Å². The van der Waals surface area contributed by atoms with E-state index in [0.717, 1.165) is 16.3 Å². The van der Waals surface area contributed by atoms with Crippen molar-refractivity contribution in [2.45, 2.75) is 26.0 Å². The first-order valence-electron chi connectivity index (χ1n) is 9.54. The van der Waals surface area contributed by atoms with Crippen molar-refractivity contribution < 1.29 is 14.1 Å². The Morgan fingerprint density at radius 2 is 1.79 bits per heavy atom. The van der Waals surface area contributed by atoms with Crippen LogP contribution in [0.15, 0.2) is 77.3 Å². The van der Waals surface area contributed by atoms with Crippen molar-refractivity contribution in [3.63, 3.8) is 0 Å². The lowest BCUT2D eigenvalue weighted by atomic mass is 10.1. The smallest absolute Gasteiger partial charge is 0.261 e. The minimum atomic E-state index is -0.614. The van der Waals surface area contributed by atoms with Crippen molar-refractivity contribution in [3.8, 4) is 17.1 Å². The molecule has 0 spiro atoms. The lowest BCUT2D eigenvalue weighted by Gasteiger charge is -2.18. The Hall–Kier alpha value is -3.67. The van der Waals surface area contributed by atoms with Crippen LogP contribution in [0.2, 0.25) is 0 Å². The molecule has 4 aromatic rings. The molecule has 1 amide bonds. The van der Waals surface area contributed by atoms with Gasteiger partial charge in [0.1, 0.15) is 5.75 Å². The fourth-order valence-corrected chi connectivity index (χ4v) is 3.08. The molecule has 146 valence electrons. The zero-order valence-corrected chi connectivity index (χ0v) is 16.0. The van der Waals surface area contributed by atoms with Crippen molar-refractivity contribution in [1.82, 2.24) is 15.5 Å². The summed E-state index contributed by atoms with van der Waals surface area (Å²) in [4.78, 5) is 17.0. The summed E-state index contributed by atoms with van der Waals surface area (Å²) in [7, 11) is 0. The number of nitrogens with one attached hydrogen (secondary N) is 1. The number of hydrogen-bond donors (Lipinski definition) is 1. The summed E-state index contributed by atoms with van der Waals surface area (Å²) in [6, 6.07) is 23.3. The maximum absolute atomic E-state index is 12.6. The van der Waals surface area contributed by atoms with Gasteiger partial charge in [0.25, 0.3) is 5.91 Å². The minimum Gasteiger partial charge on any atom is -0.480 e. The molecule has 0 unspecified atom stereocenters. The van der Waals surface area contributed by atoms with Gasteiger partial charge in [-0.25, -0.2) is 0 Å². The van der Waals surface area contributed by atoms with Crippen molar-refractivity contribution in [3.05, 3.63) is 78.7 Å². The van der Waals surface area contributed by atoms with Gasteiger partial charge in [-0.2, -0.15) is 4.98 Å². The number of carbonyl (C=O) groups excluding carboxylic acids is 1. The highest BCUT2D eigenvalue weighted by atomic mass is 16.5. The molecule has 0 aliphatic heterocycles. The molecule has 4 rings (SSSR count). The molecule has 0 aliphatic carbocycles. The van der Waals surface area contributed by atoms with Crippen molar-refractivity contribution in [1.29, 1.82) is 0 Å². The Balaban J connectivity index is 1.41. The molecule has 1 aromatic heterocycles. The molecular formula is C23H21N3O3. The average Bonchev–Trinajstić information content (AvgIpc) is 3.25. The molecule has 3 aromatic carbocycles. The highest BCUT2D eigenvalue weighted by Crippen LogP contribution is 2.26. The van der Waals surface area contributed by atoms with Gasteiger partial charge < -0.3 is 14.6 Å². The SMILES string of the molecule is CC[C@@H](Oc1cccc2ccccc12)C(=O)NCc1nc(-c2ccccc2)no1. The van der Waals surface area contributed by atoms with Gasteiger partial charge >= 0.3 is 0 Å². The summed E-state index contributed by atoms with van der Waals surface area (Å²) in [5.41, 5.74) is 0.861. The first-order valence-corrected chi connectivity index (χ1v) is 9.54. The van der Waals surface area contributed by atoms with Crippen LogP contribution in [-0.2, 0) is 11.3 Å². The van der Waals surface area contributed by atoms with Gasteiger partial charge in [-0.05, 0) is 17.9 Å². The first kappa shape index (κ1) is 18.7. The fourth-order valence-electron chi connectivity index (χ4n) is 3.08. The van der Waals surface area contributed by atoms with Crippen LogP contribution in [0.5, 0.6) is 5.75 Å². The van der Waals surface area contributed by atoms with Gasteiger partial charge in [0.05, 0.1) is 6.54 Å². The highest BCUT2D eigenvalue weighted by Gasteiger charge is 2.20. The Morgan fingerprint density at radius 1 is 1.03 bits per heavy atom.